The Labute approximate surface area is 124 Å². The van der Waals surface area contributed by atoms with Gasteiger partial charge in [0, 0.05) is 13.1 Å². The first kappa shape index (κ1) is 14.2. The van der Waals surface area contributed by atoms with Gasteiger partial charge >= 0.3 is 0 Å². The Morgan fingerprint density at radius 1 is 1.38 bits per heavy atom. The first-order valence-electron chi connectivity index (χ1n) is 7.48. The fraction of sp³-hybridized carbons (Fsp3) is 0.500. The minimum absolute atomic E-state index is 0.280. The summed E-state index contributed by atoms with van der Waals surface area (Å²) < 4.78 is 5.29. The van der Waals surface area contributed by atoms with Crippen molar-refractivity contribution in [2.45, 2.75) is 31.8 Å². The molecule has 0 saturated carbocycles. The third-order valence-corrected chi connectivity index (χ3v) is 4.01. The van der Waals surface area contributed by atoms with Crippen LogP contribution in [0, 0.1) is 6.92 Å². The Bertz CT molecular complexity index is 570. The molecule has 0 aliphatic carbocycles. The summed E-state index contributed by atoms with van der Waals surface area (Å²) in [5.41, 5.74) is 0.966. The summed E-state index contributed by atoms with van der Waals surface area (Å²) in [5.74, 6) is 1.70. The van der Waals surface area contributed by atoms with Gasteiger partial charge in [0.15, 0.2) is 5.82 Å². The normalized spacial score (nSPS) is 21.3. The molecule has 0 unspecified atom stereocenters. The SMILES string of the molecule is Cc1noc([C@@H]2CCCN(C[C@@H](O)c3ccccc3)C2)n1. The first-order chi connectivity index (χ1) is 10.2. The van der Waals surface area contributed by atoms with Gasteiger partial charge < -0.3 is 9.63 Å². The summed E-state index contributed by atoms with van der Waals surface area (Å²) >= 11 is 0. The number of aliphatic hydroxyl groups excluding tert-OH is 1. The second-order valence-corrected chi connectivity index (χ2v) is 5.71. The Kier molecular flexibility index (Phi) is 4.31. The number of piperidine rings is 1. The number of hydrogen-bond acceptors (Lipinski definition) is 5. The number of nitrogens with zero attached hydrogens (tertiary/aromatic N) is 3. The zero-order valence-corrected chi connectivity index (χ0v) is 12.3. The van der Waals surface area contributed by atoms with Gasteiger partial charge in [0.2, 0.25) is 5.89 Å². The van der Waals surface area contributed by atoms with E-state index in [1.165, 1.54) is 0 Å². The van der Waals surface area contributed by atoms with Gasteiger partial charge in [0.25, 0.3) is 0 Å². The predicted molar refractivity (Wildman–Crippen MR) is 78.9 cm³/mol. The van der Waals surface area contributed by atoms with E-state index in [2.05, 4.69) is 15.0 Å². The predicted octanol–water partition coefficient (Wildman–Crippen LogP) is 2.29. The highest BCUT2D eigenvalue weighted by Crippen LogP contribution is 2.27. The lowest BCUT2D eigenvalue weighted by molar-refractivity contribution is 0.0910. The third kappa shape index (κ3) is 3.49. The van der Waals surface area contributed by atoms with E-state index in [0.717, 1.165) is 37.4 Å². The first-order valence-corrected chi connectivity index (χ1v) is 7.48. The van der Waals surface area contributed by atoms with Gasteiger partial charge in [-0.1, -0.05) is 35.5 Å². The van der Waals surface area contributed by atoms with Crippen molar-refractivity contribution in [1.29, 1.82) is 0 Å². The second-order valence-electron chi connectivity index (χ2n) is 5.71. The molecule has 1 saturated heterocycles. The molecule has 0 spiro atoms. The minimum Gasteiger partial charge on any atom is -0.387 e. The van der Waals surface area contributed by atoms with Crippen LogP contribution in [0.2, 0.25) is 0 Å². The van der Waals surface area contributed by atoms with E-state index >= 15 is 0 Å². The molecule has 21 heavy (non-hydrogen) atoms. The molecule has 5 heteroatoms. The van der Waals surface area contributed by atoms with Crippen LogP contribution in [0.15, 0.2) is 34.9 Å². The summed E-state index contributed by atoms with van der Waals surface area (Å²) in [6.45, 7) is 4.36. The molecule has 1 aromatic carbocycles. The van der Waals surface area contributed by atoms with Crippen LogP contribution in [-0.2, 0) is 0 Å². The average molecular weight is 287 g/mol. The summed E-state index contributed by atoms with van der Waals surface area (Å²) in [6.07, 6.45) is 1.71. The minimum atomic E-state index is -0.450. The molecular formula is C16H21N3O2. The molecular weight excluding hydrogens is 266 g/mol. The van der Waals surface area contributed by atoms with Crippen molar-refractivity contribution in [2.75, 3.05) is 19.6 Å². The van der Waals surface area contributed by atoms with Crippen molar-refractivity contribution >= 4 is 0 Å². The van der Waals surface area contributed by atoms with Crippen molar-refractivity contribution in [3.63, 3.8) is 0 Å². The van der Waals surface area contributed by atoms with Gasteiger partial charge in [-0.15, -0.1) is 0 Å². The molecule has 0 radical (unpaired) electrons. The van der Waals surface area contributed by atoms with Gasteiger partial charge in [-0.2, -0.15) is 4.98 Å². The maximum absolute atomic E-state index is 10.3. The molecule has 2 atom stereocenters. The number of aryl methyl sites for hydroxylation is 1. The zero-order valence-electron chi connectivity index (χ0n) is 12.3. The molecule has 5 nitrogen and oxygen atoms in total. The molecule has 3 rings (SSSR count). The third-order valence-electron chi connectivity index (χ3n) is 4.01. The van der Waals surface area contributed by atoms with E-state index in [1.807, 2.05) is 37.3 Å². The molecule has 2 heterocycles. The molecule has 1 N–H and O–H groups in total. The fourth-order valence-corrected chi connectivity index (χ4v) is 2.93. The van der Waals surface area contributed by atoms with E-state index < -0.39 is 6.10 Å². The maximum atomic E-state index is 10.3. The molecule has 0 bridgehead atoms. The highest BCUT2D eigenvalue weighted by atomic mass is 16.5. The van der Waals surface area contributed by atoms with Gasteiger partial charge in [-0.3, -0.25) is 4.90 Å². The van der Waals surface area contributed by atoms with Gasteiger partial charge in [-0.25, -0.2) is 0 Å². The quantitative estimate of drug-likeness (QED) is 0.935. The van der Waals surface area contributed by atoms with Crippen molar-refractivity contribution < 1.29 is 9.63 Å². The van der Waals surface area contributed by atoms with Crippen LogP contribution < -0.4 is 0 Å². The highest BCUT2D eigenvalue weighted by molar-refractivity contribution is 5.17. The number of aliphatic hydroxyl groups is 1. The largest absolute Gasteiger partial charge is 0.387 e. The molecule has 112 valence electrons. The van der Waals surface area contributed by atoms with E-state index in [0.29, 0.717) is 12.4 Å². The van der Waals surface area contributed by atoms with Crippen LogP contribution in [0.25, 0.3) is 0 Å². The molecule has 1 fully saturated rings. The monoisotopic (exact) mass is 287 g/mol. The zero-order chi connectivity index (χ0) is 14.7. The maximum Gasteiger partial charge on any atom is 0.231 e. The van der Waals surface area contributed by atoms with Crippen molar-refractivity contribution in [3.05, 3.63) is 47.6 Å². The standard InChI is InChI=1S/C16H21N3O2/c1-12-17-16(21-18-12)14-8-5-9-19(10-14)11-15(20)13-6-3-2-4-7-13/h2-4,6-7,14-15,20H,5,8-11H2,1H3/t14-,15-/m1/s1. The Hall–Kier alpha value is -1.72. The molecule has 1 aliphatic rings. The lowest BCUT2D eigenvalue weighted by Crippen LogP contribution is -2.37. The molecule has 2 aromatic rings. The number of likely N-dealkylation sites (tertiary alicyclic amines) is 1. The molecule has 0 amide bonds. The van der Waals surface area contributed by atoms with Crippen LogP contribution >= 0.6 is 0 Å². The van der Waals surface area contributed by atoms with Crippen LogP contribution in [0.4, 0.5) is 0 Å². The summed E-state index contributed by atoms with van der Waals surface area (Å²) in [4.78, 5) is 6.62. The van der Waals surface area contributed by atoms with E-state index in [9.17, 15) is 5.11 Å². The fourth-order valence-electron chi connectivity index (χ4n) is 2.93. The summed E-state index contributed by atoms with van der Waals surface area (Å²) in [6, 6.07) is 9.81. The number of benzene rings is 1. The van der Waals surface area contributed by atoms with Crippen molar-refractivity contribution in [1.82, 2.24) is 15.0 Å². The number of rotatable bonds is 4. The van der Waals surface area contributed by atoms with E-state index in [1.54, 1.807) is 0 Å². The van der Waals surface area contributed by atoms with Crippen LogP contribution in [0.3, 0.4) is 0 Å². The van der Waals surface area contributed by atoms with Gasteiger partial charge in [0.05, 0.1) is 12.0 Å². The molecule has 1 aromatic heterocycles. The topological polar surface area (TPSA) is 62.4 Å². The summed E-state index contributed by atoms with van der Waals surface area (Å²) in [5, 5.41) is 14.2. The molecule has 1 aliphatic heterocycles. The number of aromatic nitrogens is 2. The van der Waals surface area contributed by atoms with E-state index in [4.69, 9.17) is 4.52 Å². The second kappa shape index (κ2) is 6.37. The number of β-amino-alcohol motifs (C(OH)–C–C–N with tert-alkyl or cyclic N) is 1. The van der Waals surface area contributed by atoms with Crippen molar-refractivity contribution in [2.24, 2.45) is 0 Å². The van der Waals surface area contributed by atoms with Gasteiger partial charge in [-0.05, 0) is 31.9 Å². The van der Waals surface area contributed by atoms with Crippen molar-refractivity contribution in [3.8, 4) is 0 Å². The number of hydrogen-bond donors (Lipinski definition) is 1. The lowest BCUT2D eigenvalue weighted by atomic mass is 9.97. The smallest absolute Gasteiger partial charge is 0.231 e. The van der Waals surface area contributed by atoms with E-state index in [-0.39, 0.29) is 5.92 Å². The summed E-state index contributed by atoms with van der Waals surface area (Å²) in [7, 11) is 0. The Morgan fingerprint density at radius 3 is 2.90 bits per heavy atom. The lowest BCUT2D eigenvalue weighted by Gasteiger charge is -2.32. The van der Waals surface area contributed by atoms with Crippen LogP contribution in [0.5, 0.6) is 0 Å². The van der Waals surface area contributed by atoms with Crippen LogP contribution in [-0.4, -0.2) is 39.8 Å². The Balaban J connectivity index is 1.61. The highest BCUT2D eigenvalue weighted by Gasteiger charge is 2.26. The average Bonchev–Trinajstić information content (AvgIpc) is 2.95. The van der Waals surface area contributed by atoms with Gasteiger partial charge in [0.1, 0.15) is 0 Å². The van der Waals surface area contributed by atoms with Crippen LogP contribution in [0.1, 0.15) is 42.1 Å². The Morgan fingerprint density at radius 2 is 2.19 bits per heavy atom.